The molecule has 0 fully saturated rings. The molecule has 19 heavy (non-hydrogen) atoms. The maximum Gasteiger partial charge on any atom is 0.143 e. The summed E-state index contributed by atoms with van der Waals surface area (Å²) in [4.78, 5) is 0. The van der Waals surface area contributed by atoms with Crippen LogP contribution in [-0.4, -0.2) is 20.2 Å². The van der Waals surface area contributed by atoms with Gasteiger partial charge in [-0.1, -0.05) is 6.07 Å². The Bertz CT molecular complexity index is 664. The number of nitrogens with zero attached hydrogens (tertiary/aromatic N) is 4. The second-order valence-electron chi connectivity index (χ2n) is 3.92. The van der Waals surface area contributed by atoms with Crippen LogP contribution in [0, 0.1) is 0 Å². The number of anilines is 1. The molecule has 2 aromatic heterocycles. The molecule has 5 nitrogen and oxygen atoms in total. The predicted molar refractivity (Wildman–Crippen MR) is 78.5 cm³/mol. The Balaban J connectivity index is 1.73. The summed E-state index contributed by atoms with van der Waals surface area (Å²) in [5.41, 5.74) is 3.22. The number of aromatic nitrogens is 4. The van der Waals surface area contributed by atoms with Crippen molar-refractivity contribution in [3.8, 4) is 5.69 Å². The van der Waals surface area contributed by atoms with Gasteiger partial charge in [-0.25, -0.2) is 4.68 Å². The lowest BCUT2D eigenvalue weighted by Crippen LogP contribution is -2.00. The fourth-order valence-electron chi connectivity index (χ4n) is 1.68. The Morgan fingerprint density at radius 2 is 2.26 bits per heavy atom. The standard InChI is InChI=1S/C12H10BrN5S/c13-12-4-9(7-19-12)6-14-10-2-1-3-11(5-10)18-8-15-16-17-18/h1-5,7-8,14H,6H2. The summed E-state index contributed by atoms with van der Waals surface area (Å²) in [7, 11) is 0. The molecule has 96 valence electrons. The highest BCUT2D eigenvalue weighted by molar-refractivity contribution is 9.11. The number of benzene rings is 1. The molecule has 0 unspecified atom stereocenters. The highest BCUT2D eigenvalue weighted by Gasteiger charge is 2.01. The molecule has 2 heterocycles. The SMILES string of the molecule is Brc1cc(CNc2cccc(-n3cnnn3)c2)cs1. The van der Waals surface area contributed by atoms with Gasteiger partial charge in [0.1, 0.15) is 6.33 Å². The quantitative estimate of drug-likeness (QED) is 0.795. The van der Waals surface area contributed by atoms with Gasteiger partial charge in [0.2, 0.25) is 0 Å². The normalized spacial score (nSPS) is 10.6. The smallest absolute Gasteiger partial charge is 0.143 e. The van der Waals surface area contributed by atoms with E-state index < -0.39 is 0 Å². The average Bonchev–Trinajstić information content (AvgIpc) is 3.08. The summed E-state index contributed by atoms with van der Waals surface area (Å²) >= 11 is 5.15. The van der Waals surface area contributed by atoms with Crippen LogP contribution < -0.4 is 5.32 Å². The first-order valence-electron chi connectivity index (χ1n) is 5.61. The molecule has 0 radical (unpaired) electrons. The zero-order chi connectivity index (χ0) is 13.1. The minimum Gasteiger partial charge on any atom is -0.381 e. The molecule has 0 spiro atoms. The first-order valence-corrected chi connectivity index (χ1v) is 7.29. The fraction of sp³-hybridized carbons (Fsp3) is 0.0833. The molecular weight excluding hydrogens is 326 g/mol. The van der Waals surface area contributed by atoms with E-state index in [4.69, 9.17) is 0 Å². The highest BCUT2D eigenvalue weighted by atomic mass is 79.9. The summed E-state index contributed by atoms with van der Waals surface area (Å²) in [6, 6.07) is 10.1. The van der Waals surface area contributed by atoms with Crippen LogP contribution in [-0.2, 0) is 6.54 Å². The van der Waals surface area contributed by atoms with Gasteiger partial charge in [-0.15, -0.1) is 16.4 Å². The third kappa shape index (κ3) is 2.99. The average molecular weight is 336 g/mol. The number of rotatable bonds is 4. The molecular formula is C12H10BrN5S. The molecule has 0 aliphatic heterocycles. The van der Waals surface area contributed by atoms with E-state index in [-0.39, 0.29) is 0 Å². The Labute approximate surface area is 122 Å². The van der Waals surface area contributed by atoms with Gasteiger partial charge in [0, 0.05) is 12.2 Å². The summed E-state index contributed by atoms with van der Waals surface area (Å²) in [5, 5.41) is 16.6. The lowest BCUT2D eigenvalue weighted by molar-refractivity contribution is 0.789. The van der Waals surface area contributed by atoms with Gasteiger partial charge < -0.3 is 5.32 Å². The molecule has 3 aromatic rings. The Hall–Kier alpha value is -1.73. The van der Waals surface area contributed by atoms with Crippen LogP contribution in [0.5, 0.6) is 0 Å². The zero-order valence-corrected chi connectivity index (χ0v) is 12.2. The largest absolute Gasteiger partial charge is 0.381 e. The number of tetrazole rings is 1. The maximum atomic E-state index is 3.87. The number of hydrogen-bond donors (Lipinski definition) is 1. The molecule has 0 aliphatic carbocycles. The third-order valence-corrected chi connectivity index (χ3v) is 4.13. The van der Waals surface area contributed by atoms with Gasteiger partial charge in [0.15, 0.2) is 0 Å². The van der Waals surface area contributed by atoms with Crippen molar-refractivity contribution in [1.29, 1.82) is 0 Å². The maximum absolute atomic E-state index is 3.87. The van der Waals surface area contributed by atoms with Crippen molar-refractivity contribution in [3.05, 3.63) is 51.4 Å². The van der Waals surface area contributed by atoms with Crippen molar-refractivity contribution in [2.24, 2.45) is 0 Å². The van der Waals surface area contributed by atoms with Crippen molar-refractivity contribution in [1.82, 2.24) is 20.2 Å². The van der Waals surface area contributed by atoms with Gasteiger partial charge in [0.25, 0.3) is 0 Å². The van der Waals surface area contributed by atoms with Crippen LogP contribution >= 0.6 is 27.3 Å². The van der Waals surface area contributed by atoms with Crippen molar-refractivity contribution in [2.45, 2.75) is 6.54 Å². The monoisotopic (exact) mass is 335 g/mol. The van der Waals surface area contributed by atoms with Crippen LogP contribution in [0.2, 0.25) is 0 Å². The van der Waals surface area contributed by atoms with E-state index in [0.717, 1.165) is 21.7 Å². The van der Waals surface area contributed by atoms with E-state index in [1.165, 1.54) is 5.56 Å². The minimum atomic E-state index is 0.793. The van der Waals surface area contributed by atoms with E-state index in [0.29, 0.717) is 0 Å². The Morgan fingerprint density at radius 3 is 3.00 bits per heavy atom. The molecule has 7 heteroatoms. The lowest BCUT2D eigenvalue weighted by atomic mass is 10.2. The van der Waals surface area contributed by atoms with Crippen LogP contribution in [0.25, 0.3) is 5.69 Å². The van der Waals surface area contributed by atoms with Crippen LogP contribution in [0.4, 0.5) is 5.69 Å². The van der Waals surface area contributed by atoms with E-state index in [1.54, 1.807) is 22.3 Å². The van der Waals surface area contributed by atoms with Crippen molar-refractivity contribution in [3.63, 3.8) is 0 Å². The summed E-state index contributed by atoms with van der Waals surface area (Å²) in [6.45, 7) is 0.793. The van der Waals surface area contributed by atoms with Crippen molar-refractivity contribution < 1.29 is 0 Å². The number of hydrogen-bond acceptors (Lipinski definition) is 5. The van der Waals surface area contributed by atoms with Crippen molar-refractivity contribution in [2.75, 3.05) is 5.32 Å². The van der Waals surface area contributed by atoms with E-state index >= 15 is 0 Å². The van der Waals surface area contributed by atoms with Gasteiger partial charge in [-0.3, -0.25) is 0 Å². The van der Waals surface area contributed by atoms with Gasteiger partial charge in [0.05, 0.1) is 9.47 Å². The number of nitrogens with one attached hydrogen (secondary N) is 1. The summed E-state index contributed by atoms with van der Waals surface area (Å²) in [6.07, 6.45) is 1.58. The van der Waals surface area contributed by atoms with E-state index in [1.807, 2.05) is 24.3 Å². The van der Waals surface area contributed by atoms with E-state index in [2.05, 4.69) is 48.2 Å². The van der Waals surface area contributed by atoms with Crippen LogP contribution in [0.3, 0.4) is 0 Å². The van der Waals surface area contributed by atoms with Crippen LogP contribution in [0.15, 0.2) is 45.8 Å². The molecule has 0 saturated carbocycles. The first-order chi connectivity index (χ1) is 9.31. The predicted octanol–water partition coefficient (Wildman–Crippen LogP) is 3.10. The fourth-order valence-corrected chi connectivity index (χ4v) is 2.89. The molecule has 1 N–H and O–H groups in total. The molecule has 0 amide bonds. The summed E-state index contributed by atoms with van der Waals surface area (Å²) in [5.74, 6) is 0. The molecule has 3 rings (SSSR count). The molecule has 0 aliphatic rings. The van der Waals surface area contributed by atoms with Crippen molar-refractivity contribution >= 4 is 33.0 Å². The topological polar surface area (TPSA) is 55.6 Å². The molecule has 1 aromatic carbocycles. The Morgan fingerprint density at radius 1 is 1.32 bits per heavy atom. The number of halogens is 1. The second kappa shape index (κ2) is 5.50. The second-order valence-corrected chi connectivity index (χ2v) is 6.21. The van der Waals surface area contributed by atoms with Crippen LogP contribution in [0.1, 0.15) is 5.56 Å². The lowest BCUT2D eigenvalue weighted by Gasteiger charge is -2.07. The Kier molecular flexibility index (Phi) is 3.56. The first kappa shape index (κ1) is 12.3. The molecule has 0 bridgehead atoms. The third-order valence-electron chi connectivity index (χ3n) is 2.58. The molecule has 0 atom stereocenters. The summed E-state index contributed by atoms with van der Waals surface area (Å²) < 4.78 is 2.78. The van der Waals surface area contributed by atoms with Gasteiger partial charge in [-0.05, 0) is 61.6 Å². The van der Waals surface area contributed by atoms with Gasteiger partial charge >= 0.3 is 0 Å². The molecule has 0 saturated heterocycles. The highest BCUT2D eigenvalue weighted by Crippen LogP contribution is 2.22. The minimum absolute atomic E-state index is 0.793. The van der Waals surface area contributed by atoms with Gasteiger partial charge in [-0.2, -0.15) is 0 Å². The zero-order valence-electron chi connectivity index (χ0n) is 9.82. The number of thiophene rings is 1. The van der Waals surface area contributed by atoms with E-state index in [9.17, 15) is 0 Å².